The number of aliphatic carboxylic acids is 1. The quantitative estimate of drug-likeness (QED) is 0.515. The molecule has 0 aromatic heterocycles. The van der Waals surface area contributed by atoms with Crippen molar-refractivity contribution in [2.75, 3.05) is 6.54 Å². The molecule has 0 amide bonds. The van der Waals surface area contributed by atoms with Crippen molar-refractivity contribution < 1.29 is 9.90 Å². The highest BCUT2D eigenvalue weighted by molar-refractivity contribution is 5.82. The molecule has 0 saturated carbocycles. The molecule has 1 heterocycles. The number of hydrogen-bond donors (Lipinski definition) is 3. The topological polar surface area (TPSA) is 102 Å². The van der Waals surface area contributed by atoms with Crippen LogP contribution in [0.2, 0.25) is 0 Å². The van der Waals surface area contributed by atoms with Crippen LogP contribution in [-0.2, 0) is 4.79 Å². The third-order valence-corrected chi connectivity index (χ3v) is 1.95. The monoisotopic (exact) mass is 171 g/mol. The summed E-state index contributed by atoms with van der Waals surface area (Å²) in [6.45, 7) is 0.618. The lowest BCUT2D eigenvalue weighted by Crippen LogP contribution is -2.32. The van der Waals surface area contributed by atoms with Crippen molar-refractivity contribution in [3.63, 3.8) is 0 Å². The zero-order valence-corrected chi connectivity index (χ0v) is 6.73. The van der Waals surface area contributed by atoms with Gasteiger partial charge >= 0.3 is 5.97 Å². The Balaban J connectivity index is 2.30. The predicted octanol–water partition coefficient (Wildman–Crippen LogP) is -0.834. The molecule has 0 aromatic rings. The van der Waals surface area contributed by atoms with Gasteiger partial charge in [-0.05, 0) is 12.3 Å². The van der Waals surface area contributed by atoms with Crippen molar-refractivity contribution in [2.45, 2.75) is 18.9 Å². The predicted molar refractivity (Wildman–Crippen MR) is 44.8 cm³/mol. The number of amidine groups is 1. The molecule has 0 unspecified atom stereocenters. The van der Waals surface area contributed by atoms with Gasteiger partial charge in [-0.25, -0.2) is 0 Å². The van der Waals surface area contributed by atoms with Crippen LogP contribution in [0.15, 0.2) is 4.99 Å². The van der Waals surface area contributed by atoms with Crippen LogP contribution in [0.1, 0.15) is 12.8 Å². The van der Waals surface area contributed by atoms with E-state index in [1.54, 1.807) is 0 Å². The summed E-state index contributed by atoms with van der Waals surface area (Å²) in [5.74, 6) is -0.130. The van der Waals surface area contributed by atoms with Crippen LogP contribution in [0.4, 0.5) is 0 Å². The summed E-state index contributed by atoms with van der Waals surface area (Å²) in [4.78, 5) is 14.4. The highest BCUT2D eigenvalue weighted by atomic mass is 16.4. The maximum atomic E-state index is 10.4. The average molecular weight is 171 g/mol. The smallest absolute Gasteiger partial charge is 0.320 e. The lowest BCUT2D eigenvalue weighted by Gasteiger charge is -2.10. The van der Waals surface area contributed by atoms with Gasteiger partial charge in [-0.1, -0.05) is 0 Å². The van der Waals surface area contributed by atoms with E-state index in [-0.39, 0.29) is 5.92 Å². The highest BCUT2D eigenvalue weighted by Crippen LogP contribution is 2.16. The van der Waals surface area contributed by atoms with E-state index in [0.717, 1.165) is 0 Å². The van der Waals surface area contributed by atoms with Gasteiger partial charge in [0.1, 0.15) is 6.04 Å². The molecule has 1 aliphatic rings. The molecule has 12 heavy (non-hydrogen) atoms. The average Bonchev–Trinajstić information content (AvgIpc) is 2.35. The number of carbonyl (C=O) groups is 1. The molecule has 0 radical (unpaired) electrons. The maximum absolute atomic E-state index is 10.4. The van der Waals surface area contributed by atoms with Crippen molar-refractivity contribution in [1.82, 2.24) is 0 Å². The Morgan fingerprint density at radius 3 is 2.92 bits per heavy atom. The summed E-state index contributed by atoms with van der Waals surface area (Å²) >= 11 is 0. The summed E-state index contributed by atoms with van der Waals surface area (Å²) < 4.78 is 0. The number of carboxylic acids is 1. The summed E-state index contributed by atoms with van der Waals surface area (Å²) in [7, 11) is 0. The van der Waals surface area contributed by atoms with Crippen LogP contribution in [-0.4, -0.2) is 29.5 Å². The molecule has 0 spiro atoms. The number of carboxylic acid groups (broad SMARTS) is 1. The lowest BCUT2D eigenvalue weighted by atomic mass is 9.99. The van der Waals surface area contributed by atoms with E-state index in [0.29, 0.717) is 25.2 Å². The maximum Gasteiger partial charge on any atom is 0.320 e. The van der Waals surface area contributed by atoms with Gasteiger partial charge in [-0.2, -0.15) is 0 Å². The Kier molecular flexibility index (Phi) is 2.65. The first-order chi connectivity index (χ1) is 5.59. The van der Waals surface area contributed by atoms with Gasteiger partial charge in [-0.15, -0.1) is 0 Å². The van der Waals surface area contributed by atoms with Gasteiger partial charge < -0.3 is 16.6 Å². The third kappa shape index (κ3) is 2.20. The van der Waals surface area contributed by atoms with Crippen molar-refractivity contribution in [1.29, 1.82) is 0 Å². The van der Waals surface area contributed by atoms with Gasteiger partial charge in [0.25, 0.3) is 0 Å². The van der Waals surface area contributed by atoms with Crippen molar-refractivity contribution in [2.24, 2.45) is 22.4 Å². The van der Waals surface area contributed by atoms with Crippen LogP contribution in [0.25, 0.3) is 0 Å². The minimum atomic E-state index is -0.958. The lowest BCUT2D eigenvalue weighted by molar-refractivity contribution is -0.138. The first-order valence-corrected chi connectivity index (χ1v) is 3.86. The van der Waals surface area contributed by atoms with Crippen LogP contribution < -0.4 is 11.5 Å². The van der Waals surface area contributed by atoms with Gasteiger partial charge in [0.05, 0.1) is 5.84 Å². The third-order valence-electron chi connectivity index (χ3n) is 1.95. The molecule has 1 rings (SSSR count). The van der Waals surface area contributed by atoms with Crippen molar-refractivity contribution in [3.05, 3.63) is 0 Å². The molecule has 5 N–H and O–H groups in total. The Morgan fingerprint density at radius 2 is 2.50 bits per heavy atom. The second-order valence-electron chi connectivity index (χ2n) is 3.08. The fourth-order valence-electron chi connectivity index (χ4n) is 1.29. The minimum Gasteiger partial charge on any atom is -0.480 e. The van der Waals surface area contributed by atoms with Crippen LogP contribution in [0.3, 0.4) is 0 Å². The summed E-state index contributed by atoms with van der Waals surface area (Å²) in [5.41, 5.74) is 10.8. The first-order valence-electron chi connectivity index (χ1n) is 3.86. The van der Waals surface area contributed by atoms with E-state index in [9.17, 15) is 4.79 Å². The summed E-state index contributed by atoms with van der Waals surface area (Å²) in [6, 6.07) is -0.781. The largest absolute Gasteiger partial charge is 0.480 e. The zero-order valence-electron chi connectivity index (χ0n) is 6.73. The second kappa shape index (κ2) is 3.53. The van der Waals surface area contributed by atoms with Gasteiger partial charge in [0, 0.05) is 13.0 Å². The molecule has 5 nitrogen and oxygen atoms in total. The molecule has 0 bridgehead atoms. The van der Waals surface area contributed by atoms with E-state index in [4.69, 9.17) is 16.6 Å². The summed E-state index contributed by atoms with van der Waals surface area (Å²) in [5, 5.41) is 8.51. The van der Waals surface area contributed by atoms with Gasteiger partial charge in [-0.3, -0.25) is 9.79 Å². The number of hydrogen-bond acceptors (Lipinski definition) is 4. The fourth-order valence-corrected chi connectivity index (χ4v) is 1.29. The molecule has 0 saturated heterocycles. The van der Waals surface area contributed by atoms with E-state index in [1.807, 2.05) is 0 Å². The molecule has 5 heteroatoms. The SMILES string of the molecule is NC1=NC[C@@H](C[C@H](N)C(=O)O)C1. The van der Waals surface area contributed by atoms with Crippen LogP contribution in [0, 0.1) is 5.92 Å². The zero-order chi connectivity index (χ0) is 9.14. The Hall–Kier alpha value is -1.10. The molecular weight excluding hydrogens is 158 g/mol. The number of nitrogens with zero attached hydrogens (tertiary/aromatic N) is 1. The van der Waals surface area contributed by atoms with Crippen molar-refractivity contribution in [3.8, 4) is 0 Å². The van der Waals surface area contributed by atoms with E-state index in [2.05, 4.69) is 4.99 Å². The number of rotatable bonds is 3. The first kappa shape index (κ1) is 8.99. The van der Waals surface area contributed by atoms with E-state index < -0.39 is 12.0 Å². The van der Waals surface area contributed by atoms with Crippen LogP contribution >= 0.6 is 0 Å². The number of nitrogens with two attached hydrogens (primary N) is 2. The molecule has 1 aliphatic heterocycles. The standard InChI is InChI=1S/C7H13N3O2/c8-5(7(11)12)1-4-2-6(9)10-3-4/h4-5H,1-3,8H2,(H2,9,10)(H,11,12)/t4-,5-/m0/s1. The fraction of sp³-hybridized carbons (Fsp3) is 0.714. The van der Waals surface area contributed by atoms with Crippen molar-refractivity contribution >= 4 is 11.8 Å². The summed E-state index contributed by atoms with van der Waals surface area (Å²) in [6.07, 6.45) is 1.14. The Bertz CT molecular complexity index is 215. The molecular formula is C7H13N3O2. The van der Waals surface area contributed by atoms with Crippen LogP contribution in [0.5, 0.6) is 0 Å². The molecule has 68 valence electrons. The molecule has 0 aromatic carbocycles. The molecule has 0 fully saturated rings. The second-order valence-corrected chi connectivity index (χ2v) is 3.08. The van der Waals surface area contributed by atoms with E-state index >= 15 is 0 Å². The van der Waals surface area contributed by atoms with Gasteiger partial charge in [0.15, 0.2) is 0 Å². The highest BCUT2D eigenvalue weighted by Gasteiger charge is 2.22. The molecule has 0 aliphatic carbocycles. The minimum absolute atomic E-state index is 0.219. The Morgan fingerprint density at radius 1 is 1.83 bits per heavy atom. The normalized spacial score (nSPS) is 25.1. The van der Waals surface area contributed by atoms with E-state index in [1.165, 1.54) is 0 Å². The number of aliphatic imine (C=N–C) groups is 1. The molecule has 2 atom stereocenters. The van der Waals surface area contributed by atoms with Gasteiger partial charge in [0.2, 0.25) is 0 Å². The Labute approximate surface area is 70.5 Å².